The number of fused-ring (bicyclic) bond motifs is 1. The van der Waals surface area contributed by atoms with Gasteiger partial charge in [0.2, 0.25) is 5.91 Å². The van der Waals surface area contributed by atoms with Gasteiger partial charge < -0.3 is 29.1 Å². The summed E-state index contributed by atoms with van der Waals surface area (Å²) in [5.41, 5.74) is 0. The van der Waals surface area contributed by atoms with E-state index in [0.29, 0.717) is 24.8 Å². The van der Waals surface area contributed by atoms with Crippen molar-refractivity contribution < 1.29 is 23.6 Å². The smallest absolute Gasteiger partial charge is 0.289 e. The Morgan fingerprint density at radius 1 is 1.13 bits per heavy atom. The summed E-state index contributed by atoms with van der Waals surface area (Å²) in [6, 6.07) is 3.40. The van der Waals surface area contributed by atoms with E-state index in [1.54, 1.807) is 17.0 Å². The summed E-state index contributed by atoms with van der Waals surface area (Å²) in [5.74, 6) is 2.00. The van der Waals surface area contributed by atoms with Crippen LogP contribution in [0, 0.1) is 17.8 Å². The number of ether oxygens (including phenoxy) is 1. The molecule has 5 rings (SSSR count). The summed E-state index contributed by atoms with van der Waals surface area (Å²) in [5, 5.41) is 7.49. The zero-order valence-electron chi connectivity index (χ0n) is 17.7. The normalized spacial score (nSPS) is 27.0. The van der Waals surface area contributed by atoms with Crippen molar-refractivity contribution >= 4 is 17.6 Å². The second-order valence-electron chi connectivity index (χ2n) is 8.95. The van der Waals surface area contributed by atoms with Gasteiger partial charge in [0.1, 0.15) is 0 Å². The van der Waals surface area contributed by atoms with E-state index in [4.69, 9.17) is 14.0 Å². The highest BCUT2D eigenvalue weighted by Gasteiger charge is 2.46. The third-order valence-corrected chi connectivity index (χ3v) is 6.99. The third-order valence-electron chi connectivity index (χ3n) is 6.99. The number of amidine groups is 1. The molecule has 0 bridgehead atoms. The first-order chi connectivity index (χ1) is 15.2. The first-order valence-corrected chi connectivity index (χ1v) is 11.4. The van der Waals surface area contributed by atoms with Crippen LogP contribution in [0.3, 0.4) is 0 Å². The zero-order valence-corrected chi connectivity index (χ0v) is 17.7. The Labute approximate surface area is 181 Å². The monoisotopic (exact) mass is 430 g/mol. The molecule has 3 saturated heterocycles. The molecule has 4 aliphatic heterocycles. The number of carbonyl (C=O) groups is 2. The van der Waals surface area contributed by atoms with Gasteiger partial charge in [-0.15, -0.1) is 0 Å². The minimum atomic E-state index is -0.109. The van der Waals surface area contributed by atoms with Gasteiger partial charge in [0.25, 0.3) is 5.91 Å². The summed E-state index contributed by atoms with van der Waals surface area (Å²) < 4.78 is 10.6. The lowest BCUT2D eigenvalue weighted by atomic mass is 9.93. The molecule has 9 nitrogen and oxygen atoms in total. The van der Waals surface area contributed by atoms with E-state index < -0.39 is 0 Å². The predicted octanol–water partition coefficient (Wildman–Crippen LogP) is 1.32. The summed E-state index contributed by atoms with van der Waals surface area (Å²) in [6.07, 6.45) is 5.09. The summed E-state index contributed by atoms with van der Waals surface area (Å²) in [4.78, 5) is 34.9. The fourth-order valence-electron chi connectivity index (χ4n) is 5.04. The Hall–Kier alpha value is -2.55. The van der Waals surface area contributed by atoms with Crippen LogP contribution in [0.25, 0.3) is 0 Å². The van der Waals surface area contributed by atoms with E-state index in [2.05, 4.69) is 15.4 Å². The van der Waals surface area contributed by atoms with Crippen molar-refractivity contribution in [2.75, 3.05) is 45.9 Å². The fraction of sp³-hybridized carbons (Fsp3) is 0.682. The van der Waals surface area contributed by atoms with Gasteiger partial charge in [0.05, 0.1) is 18.7 Å². The van der Waals surface area contributed by atoms with E-state index in [0.717, 1.165) is 64.4 Å². The molecule has 31 heavy (non-hydrogen) atoms. The van der Waals surface area contributed by atoms with Gasteiger partial charge in [-0.05, 0) is 43.7 Å². The van der Waals surface area contributed by atoms with Gasteiger partial charge in [-0.25, -0.2) is 0 Å². The predicted molar refractivity (Wildman–Crippen MR) is 111 cm³/mol. The summed E-state index contributed by atoms with van der Waals surface area (Å²) in [7, 11) is 0. The maximum atomic E-state index is 12.6. The van der Waals surface area contributed by atoms with Crippen molar-refractivity contribution in [2.45, 2.75) is 31.8 Å². The summed E-state index contributed by atoms with van der Waals surface area (Å²) in [6.45, 7) is 5.02. The molecule has 3 fully saturated rings. The van der Waals surface area contributed by atoms with Crippen LogP contribution in [0.2, 0.25) is 0 Å². The van der Waals surface area contributed by atoms with E-state index in [-0.39, 0.29) is 29.8 Å². The van der Waals surface area contributed by atoms with Crippen LogP contribution < -0.4 is 5.32 Å². The largest absolute Gasteiger partial charge is 0.459 e. The fourth-order valence-corrected chi connectivity index (χ4v) is 5.04. The Bertz CT molecular complexity index is 812. The number of likely N-dealkylation sites (tertiary alicyclic amines) is 2. The van der Waals surface area contributed by atoms with Crippen LogP contribution in [0.1, 0.15) is 36.2 Å². The summed E-state index contributed by atoms with van der Waals surface area (Å²) >= 11 is 0. The molecule has 0 aliphatic carbocycles. The molecule has 0 spiro atoms. The highest BCUT2D eigenvalue weighted by Crippen LogP contribution is 2.31. The number of rotatable bonds is 4. The lowest BCUT2D eigenvalue weighted by molar-refractivity contribution is -0.126. The second-order valence-corrected chi connectivity index (χ2v) is 8.95. The topological polar surface area (TPSA) is 96.6 Å². The van der Waals surface area contributed by atoms with Crippen molar-refractivity contribution in [3.05, 3.63) is 24.2 Å². The molecule has 5 heterocycles. The van der Waals surface area contributed by atoms with Crippen LogP contribution in [-0.4, -0.2) is 79.5 Å². The number of piperidine rings is 1. The first kappa shape index (κ1) is 20.4. The SMILES string of the molecule is O=C(NCC1CCOCC1)C1CCN(C2=NOC3CN(C(=O)c4ccco4)CC23)CC1. The van der Waals surface area contributed by atoms with Crippen LogP contribution in [0.5, 0.6) is 0 Å². The Morgan fingerprint density at radius 3 is 2.68 bits per heavy atom. The van der Waals surface area contributed by atoms with Gasteiger partial charge in [0, 0.05) is 45.3 Å². The molecule has 2 amide bonds. The zero-order chi connectivity index (χ0) is 21.2. The van der Waals surface area contributed by atoms with Crippen molar-refractivity contribution in [1.29, 1.82) is 0 Å². The van der Waals surface area contributed by atoms with Crippen molar-refractivity contribution in [2.24, 2.45) is 22.9 Å². The minimum Gasteiger partial charge on any atom is -0.459 e. The molecule has 1 aromatic heterocycles. The average Bonchev–Trinajstić information content (AvgIpc) is 3.55. The number of oxime groups is 1. The average molecular weight is 431 g/mol. The van der Waals surface area contributed by atoms with Crippen LogP contribution in [0.15, 0.2) is 28.0 Å². The van der Waals surface area contributed by atoms with Crippen LogP contribution in [0.4, 0.5) is 0 Å². The molecule has 2 unspecified atom stereocenters. The highest BCUT2D eigenvalue weighted by atomic mass is 16.6. The standard InChI is InChI=1S/C22H30N4O5/c27-21(23-12-15-5-10-29-11-6-15)16-3-7-25(8-4-16)20-17-13-26(14-19(17)31-24-20)22(28)18-2-1-9-30-18/h1-2,9,15-17,19H,3-8,10-14H2,(H,23,27). The Morgan fingerprint density at radius 2 is 1.94 bits per heavy atom. The van der Waals surface area contributed by atoms with E-state index in [1.807, 2.05) is 0 Å². The quantitative estimate of drug-likeness (QED) is 0.774. The van der Waals surface area contributed by atoms with Gasteiger partial charge in [-0.2, -0.15) is 0 Å². The molecular weight excluding hydrogens is 400 g/mol. The van der Waals surface area contributed by atoms with E-state index in [9.17, 15) is 9.59 Å². The van der Waals surface area contributed by atoms with E-state index in [1.165, 1.54) is 6.26 Å². The van der Waals surface area contributed by atoms with E-state index >= 15 is 0 Å². The van der Waals surface area contributed by atoms with Gasteiger partial charge in [0.15, 0.2) is 17.7 Å². The molecule has 0 radical (unpaired) electrons. The number of amides is 2. The Kier molecular flexibility index (Phi) is 5.85. The molecule has 0 aromatic carbocycles. The first-order valence-electron chi connectivity index (χ1n) is 11.4. The lowest BCUT2D eigenvalue weighted by Gasteiger charge is -2.34. The Balaban J connectivity index is 1.10. The number of furan rings is 1. The number of carbonyl (C=O) groups excluding carboxylic acids is 2. The highest BCUT2D eigenvalue weighted by molar-refractivity contribution is 5.93. The molecular formula is C22H30N4O5. The molecule has 1 N–H and O–H groups in total. The maximum Gasteiger partial charge on any atom is 0.289 e. The molecule has 168 valence electrons. The number of hydrogen-bond acceptors (Lipinski definition) is 7. The van der Waals surface area contributed by atoms with Crippen molar-refractivity contribution in [3.8, 4) is 0 Å². The molecule has 9 heteroatoms. The van der Waals surface area contributed by atoms with Gasteiger partial charge in [-0.1, -0.05) is 5.16 Å². The molecule has 4 aliphatic rings. The second kappa shape index (κ2) is 8.90. The number of nitrogens with zero attached hydrogens (tertiary/aromatic N) is 3. The van der Waals surface area contributed by atoms with Crippen molar-refractivity contribution in [3.63, 3.8) is 0 Å². The maximum absolute atomic E-state index is 12.6. The molecule has 0 saturated carbocycles. The van der Waals surface area contributed by atoms with Crippen molar-refractivity contribution in [1.82, 2.24) is 15.1 Å². The molecule has 1 aromatic rings. The molecule has 2 atom stereocenters. The van der Waals surface area contributed by atoms with Gasteiger partial charge >= 0.3 is 0 Å². The number of hydrogen-bond donors (Lipinski definition) is 1. The minimum absolute atomic E-state index is 0.0513. The van der Waals surface area contributed by atoms with Crippen LogP contribution >= 0.6 is 0 Å². The number of nitrogens with one attached hydrogen (secondary N) is 1. The van der Waals surface area contributed by atoms with Crippen LogP contribution in [-0.2, 0) is 14.4 Å². The third kappa shape index (κ3) is 4.28. The van der Waals surface area contributed by atoms with Gasteiger partial charge in [-0.3, -0.25) is 9.59 Å². The lowest BCUT2D eigenvalue weighted by Crippen LogP contribution is -2.46.